The maximum atomic E-state index is 13.7. The number of halogens is 9. The molecule has 2 aliphatic carbocycles. The van der Waals surface area contributed by atoms with E-state index in [0.717, 1.165) is 3.57 Å². The first-order valence-electron chi connectivity index (χ1n) is 11.4. The average Bonchev–Trinajstić information content (AvgIpc) is 2.77. The lowest BCUT2D eigenvalue weighted by Crippen LogP contribution is -2.64. The molecule has 0 bridgehead atoms. The molecular weight excluding hydrogens is 903 g/mol. The molecule has 0 amide bonds. The molecule has 1 aromatic carbocycles. The second-order valence-electron chi connectivity index (χ2n) is 9.49. The zero-order valence-electron chi connectivity index (χ0n) is 19.6. The molecule has 39 heavy (non-hydrogen) atoms. The lowest BCUT2D eigenvalue weighted by Gasteiger charge is -2.44. The Morgan fingerprint density at radius 1 is 0.846 bits per heavy atom. The second kappa shape index (κ2) is 12.2. The second-order valence-corrected chi connectivity index (χ2v) is 14.5. The Morgan fingerprint density at radius 2 is 1.28 bits per heavy atom. The van der Waals surface area contributed by atoms with Crippen LogP contribution in [0.5, 0.6) is 5.75 Å². The van der Waals surface area contributed by atoms with Gasteiger partial charge in [-0.15, -0.1) is 0 Å². The van der Waals surface area contributed by atoms with E-state index in [1.807, 2.05) is 45.2 Å². The van der Waals surface area contributed by atoms with Crippen LogP contribution in [0.15, 0.2) is 12.1 Å². The quantitative estimate of drug-likeness (QED) is 0.114. The van der Waals surface area contributed by atoms with Gasteiger partial charge >= 0.3 is 29.9 Å². The SMILES string of the molecule is O=C(Oc1c(I)cc(I)cc1I)C1CCCC2C(C(=O)OC(CS(=O)(=O)O)(C(F)(F)F)C(F)(F)F)CCCC12. The number of hydrogen-bond acceptors (Lipinski definition) is 6. The van der Waals surface area contributed by atoms with E-state index in [2.05, 4.69) is 27.3 Å². The van der Waals surface area contributed by atoms with Crippen LogP contribution in [0.4, 0.5) is 26.3 Å². The Kier molecular flexibility index (Phi) is 10.4. The molecule has 0 heterocycles. The number of rotatable bonds is 6. The molecule has 0 aliphatic heterocycles. The minimum absolute atomic E-state index is 0.105. The van der Waals surface area contributed by atoms with Crippen LogP contribution in [0.3, 0.4) is 0 Å². The minimum Gasteiger partial charge on any atom is -0.438 e. The summed E-state index contributed by atoms with van der Waals surface area (Å²) in [4.78, 5) is 26.1. The Labute approximate surface area is 260 Å². The van der Waals surface area contributed by atoms with Crippen LogP contribution in [0, 0.1) is 34.4 Å². The molecule has 0 radical (unpaired) electrons. The first kappa shape index (κ1) is 33.3. The summed E-state index contributed by atoms with van der Waals surface area (Å²) in [6.07, 6.45) is -11.3. The van der Waals surface area contributed by atoms with E-state index >= 15 is 0 Å². The minimum atomic E-state index is -6.40. The first-order valence-corrected chi connectivity index (χ1v) is 16.3. The summed E-state index contributed by atoms with van der Waals surface area (Å²) in [7, 11) is -5.89. The summed E-state index contributed by atoms with van der Waals surface area (Å²) < 4.78 is 125. The molecule has 1 aromatic rings. The molecule has 0 saturated heterocycles. The van der Waals surface area contributed by atoms with Crippen molar-refractivity contribution in [1.29, 1.82) is 0 Å². The van der Waals surface area contributed by atoms with E-state index in [1.54, 1.807) is 12.1 Å². The highest BCUT2D eigenvalue weighted by Gasteiger charge is 2.76. The molecule has 17 heteroatoms. The van der Waals surface area contributed by atoms with Gasteiger partial charge in [-0.3, -0.25) is 14.1 Å². The van der Waals surface area contributed by atoms with Gasteiger partial charge in [0.05, 0.1) is 19.0 Å². The number of alkyl halides is 6. The molecule has 4 atom stereocenters. The van der Waals surface area contributed by atoms with Crippen molar-refractivity contribution in [2.24, 2.45) is 23.7 Å². The fraction of sp³-hybridized carbons (Fsp3) is 0.636. The van der Waals surface area contributed by atoms with Gasteiger partial charge in [0.25, 0.3) is 10.1 Å². The molecule has 1 N–H and O–H groups in total. The number of carbonyl (C=O) groups is 2. The fourth-order valence-electron chi connectivity index (χ4n) is 5.36. The van der Waals surface area contributed by atoms with Crippen LogP contribution in [-0.2, 0) is 24.4 Å². The molecule has 0 spiro atoms. The summed E-state index contributed by atoms with van der Waals surface area (Å²) in [6.45, 7) is 0. The van der Waals surface area contributed by atoms with Gasteiger partial charge in [-0.1, -0.05) is 12.8 Å². The normalized spacial score (nSPS) is 24.6. The first-order chi connectivity index (χ1) is 17.8. The third-order valence-corrected chi connectivity index (χ3v) is 10.0. The van der Waals surface area contributed by atoms with Crippen molar-refractivity contribution < 1.29 is 58.4 Å². The van der Waals surface area contributed by atoms with Crippen molar-refractivity contribution >= 4 is 89.8 Å². The molecule has 4 unspecified atom stereocenters. The van der Waals surface area contributed by atoms with E-state index in [9.17, 15) is 44.3 Å². The van der Waals surface area contributed by atoms with Gasteiger partial charge in [-0.25, -0.2) is 0 Å². The smallest absolute Gasteiger partial charge is 0.438 e. The average molecular weight is 924 g/mol. The molecule has 2 aliphatic rings. The predicted molar refractivity (Wildman–Crippen MR) is 149 cm³/mol. The van der Waals surface area contributed by atoms with Crippen molar-refractivity contribution in [3.8, 4) is 5.75 Å². The number of benzene rings is 1. The van der Waals surface area contributed by atoms with E-state index < -0.39 is 69.4 Å². The van der Waals surface area contributed by atoms with Crippen molar-refractivity contribution in [2.75, 3.05) is 5.75 Å². The molecule has 0 aromatic heterocycles. The van der Waals surface area contributed by atoms with Gasteiger partial charge in [-0.2, -0.15) is 34.8 Å². The third kappa shape index (κ3) is 7.44. The van der Waals surface area contributed by atoms with Crippen LogP contribution in [0.2, 0.25) is 0 Å². The van der Waals surface area contributed by atoms with Gasteiger partial charge in [0, 0.05) is 3.57 Å². The van der Waals surface area contributed by atoms with Gasteiger partial charge in [0.2, 0.25) is 0 Å². The highest BCUT2D eigenvalue weighted by molar-refractivity contribution is 14.1. The van der Waals surface area contributed by atoms with Crippen LogP contribution >= 0.6 is 67.8 Å². The summed E-state index contributed by atoms with van der Waals surface area (Å²) in [6, 6.07) is 3.59. The third-order valence-electron chi connectivity index (χ3n) is 7.04. The lowest BCUT2D eigenvalue weighted by atomic mass is 9.61. The Balaban J connectivity index is 1.88. The van der Waals surface area contributed by atoms with Gasteiger partial charge in [0.15, 0.2) is 5.75 Å². The summed E-state index contributed by atoms with van der Waals surface area (Å²) in [5.74, 6) is -8.62. The van der Waals surface area contributed by atoms with E-state index in [-0.39, 0.29) is 19.3 Å². The Morgan fingerprint density at radius 3 is 1.69 bits per heavy atom. The van der Waals surface area contributed by atoms with Crippen LogP contribution in [0.25, 0.3) is 0 Å². The van der Waals surface area contributed by atoms with E-state index in [4.69, 9.17) is 9.29 Å². The van der Waals surface area contributed by atoms with Gasteiger partial charge in [0.1, 0.15) is 5.75 Å². The van der Waals surface area contributed by atoms with E-state index in [1.165, 1.54) is 0 Å². The highest BCUT2D eigenvalue weighted by atomic mass is 127. The maximum absolute atomic E-state index is 13.7. The zero-order chi connectivity index (χ0) is 29.6. The van der Waals surface area contributed by atoms with Crippen molar-refractivity contribution in [1.82, 2.24) is 0 Å². The largest absolute Gasteiger partial charge is 0.438 e. The number of hydrogen-bond donors (Lipinski definition) is 1. The topological polar surface area (TPSA) is 107 Å². The van der Waals surface area contributed by atoms with Crippen LogP contribution in [0.1, 0.15) is 38.5 Å². The van der Waals surface area contributed by atoms with Crippen LogP contribution < -0.4 is 4.74 Å². The van der Waals surface area contributed by atoms with Crippen molar-refractivity contribution in [2.45, 2.75) is 56.5 Å². The summed E-state index contributed by atoms with van der Waals surface area (Å²) in [5.41, 5.74) is -5.46. The number of ether oxygens (including phenoxy) is 2. The summed E-state index contributed by atoms with van der Waals surface area (Å²) in [5, 5.41) is 0. The molecule has 220 valence electrons. The summed E-state index contributed by atoms with van der Waals surface area (Å²) >= 11 is 6.11. The predicted octanol–water partition coefficient (Wildman–Crippen LogP) is 6.53. The number of carbonyl (C=O) groups excluding carboxylic acids is 2. The molecular formula is C22H21F6I3O7S. The van der Waals surface area contributed by atoms with Gasteiger partial charge in [-0.05, 0) is 117 Å². The van der Waals surface area contributed by atoms with Crippen molar-refractivity contribution in [3.05, 3.63) is 22.8 Å². The fourth-order valence-corrected chi connectivity index (χ4v) is 10.1. The number of fused-ring (bicyclic) bond motifs is 1. The Bertz CT molecular complexity index is 1180. The monoisotopic (exact) mass is 924 g/mol. The van der Waals surface area contributed by atoms with E-state index in [0.29, 0.717) is 32.2 Å². The highest BCUT2D eigenvalue weighted by Crippen LogP contribution is 2.51. The standard InChI is InChI=1S/C22H21F6I3O7S/c23-21(24,25)20(22(26,27)28,9-39(34,35)36)38-19(33)14-6-2-3-11-12(14)4-1-5-13(11)18(32)37-17-15(30)7-10(29)8-16(17)31/h7-8,11-14H,1-6,9H2,(H,34,35,36). The molecule has 7 nitrogen and oxygen atoms in total. The van der Waals surface area contributed by atoms with Gasteiger partial charge < -0.3 is 9.47 Å². The van der Waals surface area contributed by atoms with Crippen molar-refractivity contribution in [3.63, 3.8) is 0 Å². The molecule has 3 rings (SSSR count). The lowest BCUT2D eigenvalue weighted by molar-refractivity contribution is -0.362. The number of esters is 2. The zero-order valence-corrected chi connectivity index (χ0v) is 26.9. The maximum Gasteiger partial charge on any atom is 0.438 e. The Hall–Kier alpha value is -0.160. The molecule has 2 fully saturated rings. The molecule has 2 saturated carbocycles. The van der Waals surface area contributed by atoms with Crippen LogP contribution in [-0.4, -0.2) is 48.6 Å².